The lowest BCUT2D eigenvalue weighted by molar-refractivity contribution is 0.146. The van der Waals surface area contributed by atoms with Crippen LogP contribution in [0.25, 0.3) is 22.2 Å². The van der Waals surface area contributed by atoms with Crippen LogP contribution in [0.4, 0.5) is 11.5 Å². The molecule has 4 N–H and O–H groups in total. The molecule has 0 amide bonds. The Kier molecular flexibility index (Phi) is 6.26. The number of rotatable bonds is 8. The molecule has 0 unspecified atom stereocenters. The Hall–Kier alpha value is -3.68. The van der Waals surface area contributed by atoms with E-state index in [9.17, 15) is 0 Å². The van der Waals surface area contributed by atoms with E-state index in [2.05, 4.69) is 11.1 Å². The lowest BCUT2D eigenvalue weighted by Crippen LogP contribution is -2.31. The number of nitrogen functional groups attached to an aromatic ring is 1. The first-order valence-corrected chi connectivity index (χ1v) is 9.98. The minimum atomic E-state index is 0.464. The highest BCUT2D eigenvalue weighted by Gasteiger charge is 2.12. The fraction of sp³-hybridized carbons (Fsp3) is 0.167. The summed E-state index contributed by atoms with van der Waals surface area (Å²) in [6.45, 7) is 1.48. The predicted octanol–water partition coefficient (Wildman–Crippen LogP) is 3.78. The van der Waals surface area contributed by atoms with E-state index in [1.807, 2.05) is 60.7 Å². The van der Waals surface area contributed by atoms with Crippen molar-refractivity contribution in [3.05, 3.63) is 78.5 Å². The molecule has 2 heterocycles. The molecule has 2 aromatic carbocycles. The van der Waals surface area contributed by atoms with E-state index in [1.165, 1.54) is 0 Å². The van der Waals surface area contributed by atoms with Crippen LogP contribution < -0.4 is 21.3 Å². The van der Waals surface area contributed by atoms with Gasteiger partial charge in [0, 0.05) is 24.3 Å². The first-order valence-electron chi connectivity index (χ1n) is 9.98. The molecule has 7 nitrogen and oxygen atoms in total. The van der Waals surface area contributed by atoms with E-state index in [1.54, 1.807) is 18.3 Å². The van der Waals surface area contributed by atoms with E-state index in [0.29, 0.717) is 31.3 Å². The number of hydrazine groups is 1. The molecule has 0 atom stereocenters. The number of aromatic nitrogens is 2. The number of fused-ring (bicyclic) bond motifs is 1. The maximum Gasteiger partial charge on any atom is 0.166 e. The molecule has 7 heteroatoms. The Morgan fingerprint density at radius 2 is 1.87 bits per heavy atom. The fourth-order valence-corrected chi connectivity index (χ4v) is 3.33. The van der Waals surface area contributed by atoms with Gasteiger partial charge in [0.1, 0.15) is 12.4 Å². The molecule has 0 fully saturated rings. The number of pyridine rings is 2. The van der Waals surface area contributed by atoms with Crippen molar-refractivity contribution in [1.29, 1.82) is 0 Å². The van der Waals surface area contributed by atoms with E-state index in [-0.39, 0.29) is 0 Å². The normalized spacial score (nSPS) is 10.9. The summed E-state index contributed by atoms with van der Waals surface area (Å²) in [5.74, 6) is 7.64. The molecule has 0 aliphatic rings. The van der Waals surface area contributed by atoms with Gasteiger partial charge in [0.05, 0.1) is 30.0 Å². The Morgan fingerprint density at radius 1 is 0.968 bits per heavy atom. The molecule has 0 bridgehead atoms. The first-order chi connectivity index (χ1) is 15.1. The third-order valence-electron chi connectivity index (χ3n) is 4.88. The van der Waals surface area contributed by atoms with Gasteiger partial charge >= 0.3 is 0 Å². The predicted molar refractivity (Wildman–Crippen MR) is 124 cm³/mol. The highest BCUT2D eigenvalue weighted by Crippen LogP contribution is 2.28. The molecular weight excluding hydrogens is 390 g/mol. The second-order valence-corrected chi connectivity index (χ2v) is 7.14. The van der Waals surface area contributed by atoms with Crippen molar-refractivity contribution in [3.63, 3.8) is 0 Å². The van der Waals surface area contributed by atoms with Crippen LogP contribution in [0, 0.1) is 0 Å². The van der Waals surface area contributed by atoms with Crippen molar-refractivity contribution in [2.75, 3.05) is 31.1 Å². The van der Waals surface area contributed by atoms with Crippen LogP contribution in [0.1, 0.15) is 5.56 Å². The average Bonchev–Trinajstić information content (AvgIpc) is 2.79. The van der Waals surface area contributed by atoms with Crippen LogP contribution in [0.2, 0.25) is 0 Å². The number of benzene rings is 2. The molecule has 0 radical (unpaired) electrons. The first kappa shape index (κ1) is 20.6. The van der Waals surface area contributed by atoms with Gasteiger partial charge in [0.15, 0.2) is 5.82 Å². The molecule has 0 saturated heterocycles. The Morgan fingerprint density at radius 3 is 2.74 bits per heavy atom. The minimum Gasteiger partial charge on any atom is -0.491 e. The van der Waals surface area contributed by atoms with Gasteiger partial charge in [-0.2, -0.15) is 0 Å². The molecular formula is C24H25N5O2. The summed E-state index contributed by atoms with van der Waals surface area (Å²) in [4.78, 5) is 9.08. The molecule has 0 aliphatic heterocycles. The van der Waals surface area contributed by atoms with Crippen molar-refractivity contribution in [1.82, 2.24) is 9.97 Å². The summed E-state index contributed by atoms with van der Waals surface area (Å²) >= 11 is 0. The maximum absolute atomic E-state index is 6.37. The quantitative estimate of drug-likeness (QED) is 0.257. The zero-order chi connectivity index (χ0) is 21.6. The van der Waals surface area contributed by atoms with Gasteiger partial charge in [0.2, 0.25) is 0 Å². The van der Waals surface area contributed by atoms with Gasteiger partial charge in [-0.25, -0.2) is 10.8 Å². The van der Waals surface area contributed by atoms with Crippen LogP contribution in [0.3, 0.4) is 0 Å². The van der Waals surface area contributed by atoms with Crippen molar-refractivity contribution in [2.24, 2.45) is 5.84 Å². The van der Waals surface area contributed by atoms with Gasteiger partial charge in [-0.1, -0.05) is 24.3 Å². The van der Waals surface area contributed by atoms with Crippen LogP contribution >= 0.6 is 0 Å². The van der Waals surface area contributed by atoms with E-state index < -0.39 is 0 Å². The molecule has 4 aromatic rings. The standard InChI is InChI=1S/C24H25N5O2/c1-30-12-13-31-20-6-2-4-19(15-20)23-10-8-21(25)24(28-23)29(26)16-17-7-9-22-18(14-17)5-3-11-27-22/h2-11,14-15H,12-13,16,25-26H2,1H3. The summed E-state index contributed by atoms with van der Waals surface area (Å²) in [5, 5.41) is 2.63. The van der Waals surface area contributed by atoms with Gasteiger partial charge in [-0.05, 0) is 48.0 Å². The summed E-state index contributed by atoms with van der Waals surface area (Å²) < 4.78 is 10.7. The molecule has 0 saturated carbocycles. The minimum absolute atomic E-state index is 0.464. The van der Waals surface area contributed by atoms with Gasteiger partial charge in [-0.3, -0.25) is 9.99 Å². The highest BCUT2D eigenvalue weighted by atomic mass is 16.5. The molecule has 4 rings (SSSR count). The summed E-state index contributed by atoms with van der Waals surface area (Å²) in [6, 6.07) is 21.5. The third-order valence-corrected chi connectivity index (χ3v) is 4.88. The SMILES string of the molecule is COCCOc1cccc(-c2ccc(N)c(N(N)Cc3ccc4ncccc4c3)n2)c1. The number of hydrogen-bond acceptors (Lipinski definition) is 7. The van der Waals surface area contributed by atoms with Gasteiger partial charge in [0.25, 0.3) is 0 Å². The number of hydrogen-bond donors (Lipinski definition) is 2. The zero-order valence-electron chi connectivity index (χ0n) is 17.4. The summed E-state index contributed by atoms with van der Waals surface area (Å²) in [6.07, 6.45) is 1.78. The number of nitrogens with two attached hydrogens (primary N) is 2. The highest BCUT2D eigenvalue weighted by molar-refractivity contribution is 5.79. The molecule has 158 valence electrons. The van der Waals surface area contributed by atoms with Crippen LogP contribution in [0.5, 0.6) is 5.75 Å². The maximum atomic E-state index is 6.37. The monoisotopic (exact) mass is 415 g/mol. The second kappa shape index (κ2) is 9.42. The van der Waals surface area contributed by atoms with E-state index >= 15 is 0 Å². The Labute approximate surface area is 181 Å². The molecule has 0 spiro atoms. The smallest absolute Gasteiger partial charge is 0.166 e. The van der Waals surface area contributed by atoms with Gasteiger partial charge in [-0.15, -0.1) is 0 Å². The molecule has 2 aromatic heterocycles. The average molecular weight is 415 g/mol. The van der Waals surface area contributed by atoms with Crippen LogP contribution in [0.15, 0.2) is 72.9 Å². The summed E-state index contributed by atoms with van der Waals surface area (Å²) in [5.41, 5.74) is 10.4. The lowest BCUT2D eigenvalue weighted by Gasteiger charge is -2.20. The van der Waals surface area contributed by atoms with Crippen molar-refractivity contribution < 1.29 is 9.47 Å². The topological polar surface area (TPSA) is 99.5 Å². The number of nitrogens with zero attached hydrogens (tertiary/aromatic N) is 3. The van der Waals surface area contributed by atoms with Gasteiger partial charge < -0.3 is 15.2 Å². The second-order valence-electron chi connectivity index (χ2n) is 7.14. The summed E-state index contributed by atoms with van der Waals surface area (Å²) in [7, 11) is 1.65. The largest absolute Gasteiger partial charge is 0.491 e. The van der Waals surface area contributed by atoms with E-state index in [4.69, 9.17) is 26.0 Å². The van der Waals surface area contributed by atoms with Crippen molar-refractivity contribution >= 4 is 22.4 Å². The number of ether oxygens (including phenoxy) is 2. The Bertz CT molecular complexity index is 1180. The van der Waals surface area contributed by atoms with E-state index in [0.717, 1.165) is 33.5 Å². The number of methoxy groups -OCH3 is 1. The third kappa shape index (κ3) is 4.91. The van der Waals surface area contributed by atoms with Crippen molar-refractivity contribution in [3.8, 4) is 17.0 Å². The lowest BCUT2D eigenvalue weighted by atomic mass is 10.1. The molecule has 0 aliphatic carbocycles. The fourth-order valence-electron chi connectivity index (χ4n) is 3.33. The van der Waals surface area contributed by atoms with Crippen molar-refractivity contribution in [2.45, 2.75) is 6.54 Å². The Balaban J connectivity index is 1.56. The van der Waals surface area contributed by atoms with Crippen LogP contribution in [-0.4, -0.2) is 30.3 Å². The molecule has 31 heavy (non-hydrogen) atoms. The zero-order valence-corrected chi connectivity index (χ0v) is 17.4. The number of anilines is 2. The van der Waals surface area contributed by atoms with Crippen LogP contribution in [-0.2, 0) is 11.3 Å².